The van der Waals surface area contributed by atoms with Crippen molar-refractivity contribution in [1.29, 1.82) is 0 Å². The number of nitrogens with zero attached hydrogens (tertiary/aromatic N) is 3. The number of nitrogens with one attached hydrogen (secondary N) is 1. The molecule has 2 aromatic heterocycles. The number of benzene rings is 2. The van der Waals surface area contributed by atoms with Gasteiger partial charge in [0, 0.05) is 17.7 Å². The number of H-pyrrole nitrogens is 1. The molecular weight excluding hydrogens is 436 g/mol. The van der Waals surface area contributed by atoms with Crippen LogP contribution in [-0.4, -0.2) is 32.4 Å². The van der Waals surface area contributed by atoms with Crippen molar-refractivity contribution in [1.82, 2.24) is 14.8 Å². The molecule has 1 saturated heterocycles. The fourth-order valence-corrected chi connectivity index (χ4v) is 4.36. The number of Topliss-reactive ketones (excluding diaryl/α,β-unsaturated/α-hetero) is 1. The van der Waals surface area contributed by atoms with Crippen LogP contribution in [0.3, 0.4) is 0 Å². The van der Waals surface area contributed by atoms with Crippen molar-refractivity contribution in [2.24, 2.45) is 0 Å². The standard InChI is InChI=1S/C25H22N4O5/c1-3-6-19-22(24(33)29(27-19)25-26-18-7-4-5-8-20(18)34-25)17-13-21(31)28(23(17)32)16-11-9-15(10-12-16)14(2)30/h4-5,7-12,17,27H,3,6,13H2,1-2H3/t17-/m0/s1. The van der Waals surface area contributed by atoms with Gasteiger partial charge in [-0.15, -0.1) is 0 Å². The van der Waals surface area contributed by atoms with Crippen LogP contribution in [-0.2, 0) is 16.0 Å². The van der Waals surface area contributed by atoms with E-state index >= 15 is 0 Å². The van der Waals surface area contributed by atoms with Crippen LogP contribution in [0.2, 0.25) is 0 Å². The van der Waals surface area contributed by atoms with Gasteiger partial charge in [0.05, 0.1) is 17.2 Å². The van der Waals surface area contributed by atoms with E-state index < -0.39 is 23.3 Å². The molecule has 2 aromatic carbocycles. The lowest BCUT2D eigenvalue weighted by Crippen LogP contribution is -2.31. The van der Waals surface area contributed by atoms with E-state index in [0.29, 0.717) is 34.5 Å². The molecule has 2 amide bonds. The first-order valence-corrected chi connectivity index (χ1v) is 11.1. The number of hydrogen-bond donors (Lipinski definition) is 1. The Kier molecular flexibility index (Phi) is 5.24. The Morgan fingerprint density at radius 3 is 2.53 bits per heavy atom. The number of rotatable bonds is 6. The Hall–Kier alpha value is -4.27. The van der Waals surface area contributed by atoms with Gasteiger partial charge < -0.3 is 4.42 Å². The van der Waals surface area contributed by atoms with E-state index in [1.54, 1.807) is 36.4 Å². The summed E-state index contributed by atoms with van der Waals surface area (Å²) < 4.78 is 6.94. The molecule has 1 aliphatic rings. The van der Waals surface area contributed by atoms with Crippen LogP contribution in [0.25, 0.3) is 17.1 Å². The second-order valence-corrected chi connectivity index (χ2v) is 8.29. The predicted octanol–water partition coefficient (Wildman–Crippen LogP) is 3.51. The highest BCUT2D eigenvalue weighted by Gasteiger charge is 2.43. The van der Waals surface area contributed by atoms with Gasteiger partial charge in [0.25, 0.3) is 5.56 Å². The average Bonchev–Trinajstić information content (AvgIpc) is 3.47. The van der Waals surface area contributed by atoms with Crippen LogP contribution in [0.1, 0.15) is 54.2 Å². The van der Waals surface area contributed by atoms with Gasteiger partial charge in [0.2, 0.25) is 11.8 Å². The molecule has 5 rings (SSSR count). The minimum atomic E-state index is -0.920. The number of anilines is 1. The van der Waals surface area contributed by atoms with Gasteiger partial charge >= 0.3 is 6.01 Å². The highest BCUT2D eigenvalue weighted by molar-refractivity contribution is 6.22. The molecule has 0 bridgehead atoms. The summed E-state index contributed by atoms with van der Waals surface area (Å²) in [5, 5.41) is 3.04. The molecule has 172 valence electrons. The monoisotopic (exact) mass is 458 g/mol. The molecule has 0 radical (unpaired) electrons. The molecule has 34 heavy (non-hydrogen) atoms. The zero-order valence-corrected chi connectivity index (χ0v) is 18.7. The topological polar surface area (TPSA) is 118 Å². The molecule has 0 spiro atoms. The number of aromatic nitrogens is 3. The van der Waals surface area contributed by atoms with Crippen molar-refractivity contribution < 1.29 is 18.8 Å². The molecule has 0 aliphatic carbocycles. The third-order valence-corrected chi connectivity index (χ3v) is 6.01. The number of imide groups is 1. The first-order valence-electron chi connectivity index (χ1n) is 11.1. The molecule has 4 aromatic rings. The number of amides is 2. The molecule has 1 atom stereocenters. The van der Waals surface area contributed by atoms with E-state index in [2.05, 4.69) is 10.1 Å². The minimum absolute atomic E-state index is 0.0725. The van der Waals surface area contributed by atoms with Gasteiger partial charge in [-0.25, -0.2) is 0 Å². The lowest BCUT2D eigenvalue weighted by molar-refractivity contribution is -0.121. The lowest BCUT2D eigenvalue weighted by atomic mass is 9.96. The second kappa shape index (κ2) is 8.26. The summed E-state index contributed by atoms with van der Waals surface area (Å²) in [7, 11) is 0. The first-order chi connectivity index (χ1) is 16.4. The third-order valence-electron chi connectivity index (χ3n) is 6.01. The fourth-order valence-electron chi connectivity index (χ4n) is 4.36. The summed E-state index contributed by atoms with van der Waals surface area (Å²) in [5.41, 5.74) is 2.36. The summed E-state index contributed by atoms with van der Waals surface area (Å²) in [5.74, 6) is -1.91. The smallest absolute Gasteiger partial charge is 0.325 e. The quantitative estimate of drug-likeness (QED) is 0.349. The Balaban J connectivity index is 1.55. The van der Waals surface area contributed by atoms with Crippen LogP contribution in [0, 0.1) is 0 Å². The summed E-state index contributed by atoms with van der Waals surface area (Å²) in [6, 6.07) is 13.5. The van der Waals surface area contributed by atoms with E-state index in [9.17, 15) is 19.2 Å². The predicted molar refractivity (Wildman–Crippen MR) is 124 cm³/mol. The summed E-state index contributed by atoms with van der Waals surface area (Å²) in [6.07, 6.45) is 1.12. The van der Waals surface area contributed by atoms with Crippen molar-refractivity contribution in [2.75, 3.05) is 4.90 Å². The number of carbonyl (C=O) groups excluding carboxylic acids is 3. The van der Waals surface area contributed by atoms with Gasteiger partial charge in [-0.1, -0.05) is 25.5 Å². The Morgan fingerprint density at radius 1 is 1.12 bits per heavy atom. The highest BCUT2D eigenvalue weighted by atomic mass is 16.4. The van der Waals surface area contributed by atoms with E-state index in [-0.39, 0.29) is 23.8 Å². The van der Waals surface area contributed by atoms with Gasteiger partial charge in [-0.2, -0.15) is 9.67 Å². The van der Waals surface area contributed by atoms with E-state index in [1.807, 2.05) is 19.1 Å². The van der Waals surface area contributed by atoms with Crippen LogP contribution < -0.4 is 10.5 Å². The molecule has 1 fully saturated rings. The van der Waals surface area contributed by atoms with Gasteiger partial charge in [0.1, 0.15) is 5.52 Å². The highest BCUT2D eigenvalue weighted by Crippen LogP contribution is 2.34. The van der Waals surface area contributed by atoms with Crippen molar-refractivity contribution >= 4 is 34.4 Å². The van der Waals surface area contributed by atoms with E-state index in [1.165, 1.54) is 11.6 Å². The molecule has 3 heterocycles. The van der Waals surface area contributed by atoms with Gasteiger partial charge in [-0.05, 0) is 49.7 Å². The number of fused-ring (bicyclic) bond motifs is 1. The van der Waals surface area contributed by atoms with Gasteiger partial charge in [-0.3, -0.25) is 29.2 Å². The largest absolute Gasteiger partial charge is 0.422 e. The van der Waals surface area contributed by atoms with Crippen molar-refractivity contribution in [3.8, 4) is 6.01 Å². The maximum Gasteiger partial charge on any atom is 0.325 e. The molecular formula is C25H22N4O5. The maximum atomic E-state index is 13.5. The summed E-state index contributed by atoms with van der Waals surface area (Å²) in [6.45, 7) is 3.41. The Labute approximate surface area is 194 Å². The van der Waals surface area contributed by atoms with Crippen molar-refractivity contribution in [3.05, 3.63) is 75.7 Å². The van der Waals surface area contributed by atoms with Gasteiger partial charge in [0.15, 0.2) is 11.4 Å². The normalized spacial score (nSPS) is 16.1. The van der Waals surface area contributed by atoms with Crippen LogP contribution in [0.15, 0.2) is 57.7 Å². The fraction of sp³-hybridized carbons (Fsp3) is 0.240. The summed E-state index contributed by atoms with van der Waals surface area (Å²) >= 11 is 0. The zero-order valence-electron chi connectivity index (χ0n) is 18.7. The van der Waals surface area contributed by atoms with Crippen LogP contribution in [0.4, 0.5) is 5.69 Å². The van der Waals surface area contributed by atoms with Crippen molar-refractivity contribution in [3.63, 3.8) is 0 Å². The molecule has 9 heteroatoms. The molecule has 9 nitrogen and oxygen atoms in total. The lowest BCUT2D eigenvalue weighted by Gasteiger charge is -2.15. The number of aromatic amines is 1. The second-order valence-electron chi connectivity index (χ2n) is 8.29. The molecule has 1 aliphatic heterocycles. The van der Waals surface area contributed by atoms with E-state index in [4.69, 9.17) is 4.42 Å². The van der Waals surface area contributed by atoms with Crippen LogP contribution >= 0.6 is 0 Å². The number of carbonyl (C=O) groups is 3. The number of aryl methyl sites for hydroxylation is 1. The number of para-hydroxylation sites is 2. The molecule has 0 unspecified atom stereocenters. The van der Waals surface area contributed by atoms with Crippen molar-refractivity contribution in [2.45, 2.75) is 39.0 Å². The third kappa shape index (κ3) is 3.45. The number of oxazole rings is 1. The Bertz CT molecular complexity index is 1460. The average molecular weight is 458 g/mol. The SMILES string of the molecule is CCCc1[nH]n(-c2nc3ccccc3o2)c(=O)c1[C@@H]1CC(=O)N(c2ccc(C(C)=O)cc2)C1=O. The number of hydrogen-bond acceptors (Lipinski definition) is 6. The molecule has 0 saturated carbocycles. The molecule has 1 N–H and O–H groups in total. The minimum Gasteiger partial charge on any atom is -0.422 e. The maximum absolute atomic E-state index is 13.5. The van der Waals surface area contributed by atoms with Crippen LogP contribution in [0.5, 0.6) is 0 Å². The van der Waals surface area contributed by atoms with E-state index in [0.717, 1.165) is 11.3 Å². The zero-order chi connectivity index (χ0) is 24.0. The summed E-state index contributed by atoms with van der Waals surface area (Å²) in [4.78, 5) is 56.7. The first kappa shape index (κ1) is 21.6. The number of ketones is 1. The Morgan fingerprint density at radius 2 is 1.85 bits per heavy atom.